The fourth-order valence-corrected chi connectivity index (χ4v) is 2.82. The van der Waals surface area contributed by atoms with Gasteiger partial charge in [0.25, 0.3) is 0 Å². The number of carbonyl (C=O) groups is 1. The molecule has 0 aromatic heterocycles. The first-order chi connectivity index (χ1) is 11.6. The van der Waals surface area contributed by atoms with Gasteiger partial charge in [-0.2, -0.15) is 0 Å². The molecule has 0 unspecified atom stereocenters. The molecule has 2 aromatic rings. The molecule has 0 aliphatic rings. The van der Waals surface area contributed by atoms with Crippen molar-refractivity contribution in [1.82, 2.24) is 4.90 Å². The predicted octanol–water partition coefficient (Wildman–Crippen LogP) is 2.89. The molecular formula is C20H27N3O. The van der Waals surface area contributed by atoms with Gasteiger partial charge in [0.2, 0.25) is 5.91 Å². The lowest BCUT2D eigenvalue weighted by Gasteiger charge is -2.30. The molecule has 0 fully saturated rings. The summed E-state index contributed by atoms with van der Waals surface area (Å²) in [5.74, 6) is 0.0978. The van der Waals surface area contributed by atoms with Gasteiger partial charge in [0, 0.05) is 31.4 Å². The van der Waals surface area contributed by atoms with Crippen LogP contribution in [0.2, 0.25) is 0 Å². The maximum absolute atomic E-state index is 12.9. The lowest BCUT2D eigenvalue weighted by Crippen LogP contribution is -2.44. The molecule has 1 amide bonds. The van der Waals surface area contributed by atoms with Gasteiger partial charge < -0.3 is 10.6 Å². The van der Waals surface area contributed by atoms with E-state index in [1.54, 1.807) is 0 Å². The second-order valence-corrected chi connectivity index (χ2v) is 6.18. The molecule has 2 aromatic carbocycles. The van der Waals surface area contributed by atoms with Gasteiger partial charge in [-0.15, -0.1) is 0 Å². The van der Waals surface area contributed by atoms with E-state index in [0.717, 1.165) is 12.2 Å². The molecule has 128 valence electrons. The van der Waals surface area contributed by atoms with Crippen molar-refractivity contribution in [2.24, 2.45) is 5.73 Å². The number of para-hydroxylation sites is 1. The van der Waals surface area contributed by atoms with Crippen molar-refractivity contribution in [2.45, 2.75) is 26.4 Å². The number of rotatable bonds is 8. The van der Waals surface area contributed by atoms with Crippen molar-refractivity contribution in [3.8, 4) is 0 Å². The van der Waals surface area contributed by atoms with Gasteiger partial charge in [-0.25, -0.2) is 0 Å². The number of hydrogen-bond acceptors (Lipinski definition) is 3. The second kappa shape index (κ2) is 9.21. The highest BCUT2D eigenvalue weighted by Crippen LogP contribution is 2.17. The van der Waals surface area contributed by atoms with Gasteiger partial charge in [-0.1, -0.05) is 48.5 Å². The topological polar surface area (TPSA) is 49.6 Å². The fraction of sp³-hybridized carbons (Fsp3) is 0.350. The van der Waals surface area contributed by atoms with Gasteiger partial charge in [0.15, 0.2) is 0 Å². The maximum atomic E-state index is 12.9. The van der Waals surface area contributed by atoms with Crippen LogP contribution >= 0.6 is 0 Å². The third-order valence-corrected chi connectivity index (χ3v) is 3.87. The molecule has 2 rings (SSSR count). The minimum Gasteiger partial charge on any atom is -0.329 e. The molecule has 4 nitrogen and oxygen atoms in total. The molecule has 2 N–H and O–H groups in total. The number of amides is 1. The molecule has 0 atom stereocenters. The molecule has 0 spiro atoms. The van der Waals surface area contributed by atoms with Crippen LogP contribution in [-0.4, -0.2) is 36.5 Å². The normalized spacial score (nSPS) is 11.0. The van der Waals surface area contributed by atoms with Crippen LogP contribution in [0.5, 0.6) is 0 Å². The zero-order valence-electron chi connectivity index (χ0n) is 14.6. The first kappa shape index (κ1) is 18.2. The average Bonchev–Trinajstić information content (AvgIpc) is 2.56. The monoisotopic (exact) mass is 325 g/mol. The molecule has 0 aliphatic heterocycles. The van der Waals surface area contributed by atoms with E-state index in [-0.39, 0.29) is 11.9 Å². The largest absolute Gasteiger partial charge is 0.329 e. The summed E-state index contributed by atoms with van der Waals surface area (Å²) in [6.45, 7) is 6.39. The Kier molecular flexibility index (Phi) is 6.97. The summed E-state index contributed by atoms with van der Waals surface area (Å²) < 4.78 is 0. The molecule has 0 saturated carbocycles. The van der Waals surface area contributed by atoms with Crippen molar-refractivity contribution < 1.29 is 4.79 Å². The summed E-state index contributed by atoms with van der Waals surface area (Å²) >= 11 is 0. The van der Waals surface area contributed by atoms with Crippen LogP contribution in [0.25, 0.3) is 0 Å². The lowest BCUT2D eigenvalue weighted by atomic mass is 10.2. The maximum Gasteiger partial charge on any atom is 0.241 e. The average molecular weight is 325 g/mol. The van der Waals surface area contributed by atoms with E-state index in [1.807, 2.05) is 67.3 Å². The van der Waals surface area contributed by atoms with Crippen molar-refractivity contribution in [3.05, 3.63) is 66.2 Å². The number of benzene rings is 2. The Hall–Kier alpha value is -2.17. The summed E-state index contributed by atoms with van der Waals surface area (Å²) in [5.41, 5.74) is 7.86. The summed E-state index contributed by atoms with van der Waals surface area (Å²) in [4.78, 5) is 16.9. The van der Waals surface area contributed by atoms with Crippen LogP contribution in [-0.2, 0) is 11.3 Å². The first-order valence-electron chi connectivity index (χ1n) is 8.45. The van der Waals surface area contributed by atoms with Crippen LogP contribution in [0.3, 0.4) is 0 Å². The van der Waals surface area contributed by atoms with Crippen LogP contribution in [0.4, 0.5) is 5.69 Å². The van der Waals surface area contributed by atoms with E-state index in [2.05, 4.69) is 17.0 Å². The van der Waals surface area contributed by atoms with Crippen LogP contribution in [0.15, 0.2) is 60.7 Å². The highest BCUT2D eigenvalue weighted by Gasteiger charge is 2.21. The zero-order valence-corrected chi connectivity index (χ0v) is 14.6. The molecule has 0 saturated heterocycles. The quantitative estimate of drug-likeness (QED) is 0.812. The second-order valence-electron chi connectivity index (χ2n) is 6.18. The van der Waals surface area contributed by atoms with Crippen LogP contribution < -0.4 is 10.6 Å². The molecule has 0 aliphatic carbocycles. The number of anilines is 1. The minimum absolute atomic E-state index is 0.0978. The number of nitrogens with zero attached hydrogens (tertiary/aromatic N) is 2. The Bertz CT molecular complexity index is 613. The Labute approximate surface area is 144 Å². The minimum atomic E-state index is 0.0978. The van der Waals surface area contributed by atoms with Gasteiger partial charge in [-0.05, 0) is 31.5 Å². The predicted molar refractivity (Wildman–Crippen MR) is 99.8 cm³/mol. The van der Waals surface area contributed by atoms with Gasteiger partial charge >= 0.3 is 0 Å². The zero-order chi connectivity index (χ0) is 17.4. The van der Waals surface area contributed by atoms with Gasteiger partial charge in [0.05, 0.1) is 6.54 Å². The molecule has 0 radical (unpaired) electrons. The van der Waals surface area contributed by atoms with Crippen molar-refractivity contribution in [3.63, 3.8) is 0 Å². The Morgan fingerprint density at radius 3 is 2.12 bits per heavy atom. The number of hydrogen-bond donors (Lipinski definition) is 1. The number of carbonyl (C=O) groups excluding carboxylic acids is 1. The van der Waals surface area contributed by atoms with E-state index in [4.69, 9.17) is 5.73 Å². The van der Waals surface area contributed by atoms with Crippen molar-refractivity contribution in [2.75, 3.05) is 24.5 Å². The van der Waals surface area contributed by atoms with E-state index in [0.29, 0.717) is 19.6 Å². The Morgan fingerprint density at radius 1 is 1.00 bits per heavy atom. The Balaban J connectivity index is 2.10. The van der Waals surface area contributed by atoms with Crippen LogP contribution in [0.1, 0.15) is 19.4 Å². The van der Waals surface area contributed by atoms with E-state index >= 15 is 0 Å². The summed E-state index contributed by atoms with van der Waals surface area (Å²) in [6, 6.07) is 20.1. The standard InChI is InChI=1S/C20H27N3O/c1-17(2)23(19-11-7-4-8-12-19)20(24)16-22(14-13-21)15-18-9-5-3-6-10-18/h3-12,17H,13-16,21H2,1-2H3. The van der Waals surface area contributed by atoms with Gasteiger partial charge in [0.1, 0.15) is 0 Å². The highest BCUT2D eigenvalue weighted by molar-refractivity contribution is 5.95. The first-order valence-corrected chi connectivity index (χ1v) is 8.45. The van der Waals surface area contributed by atoms with E-state index in [1.165, 1.54) is 5.56 Å². The smallest absolute Gasteiger partial charge is 0.241 e. The summed E-state index contributed by atoms with van der Waals surface area (Å²) in [5, 5.41) is 0. The van der Waals surface area contributed by atoms with Crippen LogP contribution in [0, 0.1) is 0 Å². The molecule has 0 heterocycles. The highest BCUT2D eigenvalue weighted by atomic mass is 16.2. The summed E-state index contributed by atoms with van der Waals surface area (Å²) in [6.07, 6.45) is 0. The molecule has 4 heteroatoms. The molecular weight excluding hydrogens is 298 g/mol. The van der Waals surface area contributed by atoms with Crippen molar-refractivity contribution >= 4 is 11.6 Å². The summed E-state index contributed by atoms with van der Waals surface area (Å²) in [7, 11) is 0. The lowest BCUT2D eigenvalue weighted by molar-refractivity contribution is -0.120. The molecule has 24 heavy (non-hydrogen) atoms. The third-order valence-electron chi connectivity index (χ3n) is 3.87. The SMILES string of the molecule is CC(C)N(C(=O)CN(CCN)Cc1ccccc1)c1ccccc1. The fourth-order valence-electron chi connectivity index (χ4n) is 2.82. The van der Waals surface area contributed by atoms with Gasteiger partial charge in [-0.3, -0.25) is 9.69 Å². The Morgan fingerprint density at radius 2 is 1.58 bits per heavy atom. The van der Waals surface area contributed by atoms with E-state index in [9.17, 15) is 4.79 Å². The van der Waals surface area contributed by atoms with E-state index < -0.39 is 0 Å². The van der Waals surface area contributed by atoms with Crippen molar-refractivity contribution in [1.29, 1.82) is 0 Å². The number of nitrogens with two attached hydrogens (primary N) is 1. The third kappa shape index (κ3) is 5.18. The molecule has 0 bridgehead atoms.